The van der Waals surface area contributed by atoms with Crippen molar-refractivity contribution in [2.75, 3.05) is 6.61 Å². The van der Waals surface area contributed by atoms with Gasteiger partial charge in [-0.25, -0.2) is 4.79 Å². The second kappa shape index (κ2) is 5.05. The van der Waals surface area contributed by atoms with Crippen LogP contribution in [0.15, 0.2) is 6.07 Å². The number of carbonyl (C=O) groups is 1. The minimum absolute atomic E-state index is 0.0724. The fourth-order valence-electron chi connectivity index (χ4n) is 1.98. The average Bonchev–Trinajstić information content (AvgIpc) is 2.78. The highest BCUT2D eigenvalue weighted by atomic mass is 35.5. The van der Waals surface area contributed by atoms with Crippen LogP contribution in [0, 0.1) is 17.0 Å². The molecule has 1 heterocycles. The largest absolute Gasteiger partial charge is 0.476 e. The summed E-state index contributed by atoms with van der Waals surface area (Å²) >= 11 is 6.05. The average molecular weight is 286 g/mol. The molecule has 0 aromatic heterocycles. The molecular formula is C12H12ClNO5. The molecule has 0 amide bonds. The second-order valence-corrected chi connectivity index (χ2v) is 4.52. The van der Waals surface area contributed by atoms with Gasteiger partial charge < -0.3 is 9.47 Å². The van der Waals surface area contributed by atoms with E-state index in [1.54, 1.807) is 13.8 Å². The van der Waals surface area contributed by atoms with Crippen molar-refractivity contribution in [1.82, 2.24) is 0 Å². The molecule has 102 valence electrons. The Kier molecular flexibility index (Phi) is 3.61. The molecule has 0 fully saturated rings. The number of ether oxygens (including phenoxy) is 2. The van der Waals surface area contributed by atoms with Crippen LogP contribution in [0.5, 0.6) is 5.75 Å². The van der Waals surface area contributed by atoms with Gasteiger partial charge in [0.25, 0.3) is 5.69 Å². The van der Waals surface area contributed by atoms with Crippen LogP contribution >= 0.6 is 11.6 Å². The van der Waals surface area contributed by atoms with Crippen molar-refractivity contribution in [2.45, 2.75) is 26.4 Å². The van der Waals surface area contributed by atoms with Crippen LogP contribution in [0.4, 0.5) is 5.69 Å². The molecule has 1 atom stereocenters. The second-order valence-electron chi connectivity index (χ2n) is 4.14. The number of hydrogen-bond acceptors (Lipinski definition) is 5. The Hall–Kier alpha value is -1.82. The van der Waals surface area contributed by atoms with E-state index in [1.165, 1.54) is 6.07 Å². The first-order valence-corrected chi connectivity index (χ1v) is 6.13. The monoisotopic (exact) mass is 285 g/mol. The van der Waals surface area contributed by atoms with Crippen molar-refractivity contribution in [3.8, 4) is 5.75 Å². The summed E-state index contributed by atoms with van der Waals surface area (Å²) in [6, 6.07) is 1.40. The Morgan fingerprint density at radius 2 is 2.37 bits per heavy atom. The zero-order valence-corrected chi connectivity index (χ0v) is 11.2. The van der Waals surface area contributed by atoms with Gasteiger partial charge in [0.05, 0.1) is 16.6 Å². The minimum Gasteiger partial charge on any atom is -0.476 e. The summed E-state index contributed by atoms with van der Waals surface area (Å²) in [5.41, 5.74) is 0.812. The van der Waals surface area contributed by atoms with Crippen molar-refractivity contribution < 1.29 is 19.2 Å². The molecule has 0 radical (unpaired) electrons. The van der Waals surface area contributed by atoms with Gasteiger partial charge in [-0.1, -0.05) is 11.6 Å². The van der Waals surface area contributed by atoms with E-state index in [0.717, 1.165) is 0 Å². The van der Waals surface area contributed by atoms with Gasteiger partial charge in [0.15, 0.2) is 6.10 Å². The molecule has 0 saturated heterocycles. The number of esters is 1. The summed E-state index contributed by atoms with van der Waals surface area (Å²) in [6.07, 6.45) is -0.552. The van der Waals surface area contributed by atoms with Crippen LogP contribution in [-0.4, -0.2) is 23.6 Å². The Balaban J connectivity index is 2.36. The van der Waals surface area contributed by atoms with E-state index in [4.69, 9.17) is 21.1 Å². The topological polar surface area (TPSA) is 78.7 Å². The SMILES string of the molecule is CCOC(=O)C1Cc2cc([N+](=O)[O-])c(C)c(Cl)c2O1. The number of carbonyl (C=O) groups excluding carboxylic acids is 1. The summed E-state index contributed by atoms with van der Waals surface area (Å²) in [5.74, 6) is -0.155. The first-order chi connectivity index (χ1) is 8.95. The number of hydrogen-bond donors (Lipinski definition) is 0. The van der Waals surface area contributed by atoms with Crippen molar-refractivity contribution in [3.63, 3.8) is 0 Å². The van der Waals surface area contributed by atoms with Crippen molar-refractivity contribution in [2.24, 2.45) is 0 Å². The smallest absolute Gasteiger partial charge is 0.347 e. The summed E-state index contributed by atoms with van der Waals surface area (Å²) in [4.78, 5) is 22.0. The number of rotatable bonds is 3. The molecule has 0 N–H and O–H groups in total. The van der Waals surface area contributed by atoms with E-state index < -0.39 is 17.0 Å². The van der Waals surface area contributed by atoms with Gasteiger partial charge >= 0.3 is 5.97 Å². The Morgan fingerprint density at radius 1 is 1.68 bits per heavy atom. The number of benzene rings is 1. The lowest BCUT2D eigenvalue weighted by molar-refractivity contribution is -0.385. The molecule has 1 aliphatic heterocycles. The van der Waals surface area contributed by atoms with Crippen LogP contribution in [-0.2, 0) is 16.0 Å². The van der Waals surface area contributed by atoms with Crippen LogP contribution in [0.25, 0.3) is 0 Å². The molecule has 0 saturated carbocycles. The first-order valence-electron chi connectivity index (χ1n) is 5.75. The lowest BCUT2D eigenvalue weighted by Gasteiger charge is -2.10. The van der Waals surface area contributed by atoms with E-state index in [2.05, 4.69) is 0 Å². The summed E-state index contributed by atoms with van der Waals surface area (Å²) in [7, 11) is 0. The van der Waals surface area contributed by atoms with Gasteiger partial charge in [-0.2, -0.15) is 0 Å². The molecule has 7 heteroatoms. The Morgan fingerprint density at radius 3 is 2.95 bits per heavy atom. The lowest BCUT2D eigenvalue weighted by Crippen LogP contribution is -2.27. The number of nitro groups is 1. The quantitative estimate of drug-likeness (QED) is 0.484. The maximum absolute atomic E-state index is 11.6. The molecule has 2 rings (SSSR count). The molecule has 19 heavy (non-hydrogen) atoms. The molecule has 0 aliphatic carbocycles. The molecule has 1 aliphatic rings. The lowest BCUT2D eigenvalue weighted by atomic mass is 10.1. The van der Waals surface area contributed by atoms with Crippen LogP contribution < -0.4 is 4.74 Å². The molecule has 1 aromatic rings. The van der Waals surface area contributed by atoms with Gasteiger partial charge in [-0.3, -0.25) is 10.1 Å². The van der Waals surface area contributed by atoms with Crippen LogP contribution in [0.3, 0.4) is 0 Å². The van der Waals surface area contributed by atoms with E-state index >= 15 is 0 Å². The van der Waals surface area contributed by atoms with E-state index in [0.29, 0.717) is 16.9 Å². The van der Waals surface area contributed by atoms with Gasteiger partial charge in [-0.15, -0.1) is 0 Å². The molecule has 0 bridgehead atoms. The first kappa shape index (κ1) is 13.6. The number of nitro benzene ring substituents is 1. The molecule has 0 spiro atoms. The van der Waals surface area contributed by atoms with Gasteiger partial charge in [0.1, 0.15) is 5.75 Å². The fourth-order valence-corrected chi connectivity index (χ4v) is 2.24. The van der Waals surface area contributed by atoms with E-state index in [9.17, 15) is 14.9 Å². The molecule has 1 aromatic carbocycles. The van der Waals surface area contributed by atoms with Gasteiger partial charge in [0.2, 0.25) is 0 Å². The summed E-state index contributed by atoms with van der Waals surface area (Å²) in [5, 5.41) is 11.1. The third kappa shape index (κ3) is 2.35. The molecule has 6 nitrogen and oxygen atoms in total. The fraction of sp³-hybridized carbons (Fsp3) is 0.417. The standard InChI is InChI=1S/C12H12ClNO5/c1-3-18-12(15)9-5-7-4-8(14(16)17)6(2)10(13)11(7)19-9/h4,9H,3,5H2,1-2H3. The molecule has 1 unspecified atom stereocenters. The van der Waals surface area contributed by atoms with Crippen molar-refractivity contribution in [3.05, 3.63) is 32.3 Å². The molecular weight excluding hydrogens is 274 g/mol. The Labute approximate surface area is 114 Å². The predicted molar refractivity (Wildman–Crippen MR) is 67.6 cm³/mol. The van der Waals surface area contributed by atoms with Crippen LogP contribution in [0.2, 0.25) is 5.02 Å². The highest BCUT2D eigenvalue weighted by Gasteiger charge is 2.34. The summed E-state index contributed by atoms with van der Waals surface area (Å²) < 4.78 is 10.3. The number of nitrogens with zero attached hydrogens (tertiary/aromatic N) is 1. The van der Waals surface area contributed by atoms with Gasteiger partial charge in [-0.05, 0) is 13.8 Å². The van der Waals surface area contributed by atoms with Crippen molar-refractivity contribution in [1.29, 1.82) is 0 Å². The summed E-state index contributed by atoms with van der Waals surface area (Å²) in [6.45, 7) is 3.49. The van der Waals surface area contributed by atoms with E-state index in [-0.39, 0.29) is 23.7 Å². The highest BCUT2D eigenvalue weighted by Crippen LogP contribution is 2.42. The predicted octanol–water partition coefficient (Wildman–Crippen LogP) is 2.42. The normalized spacial score (nSPS) is 16.7. The zero-order valence-electron chi connectivity index (χ0n) is 10.4. The minimum atomic E-state index is -0.783. The third-order valence-corrected chi connectivity index (χ3v) is 3.38. The van der Waals surface area contributed by atoms with Crippen molar-refractivity contribution >= 4 is 23.3 Å². The van der Waals surface area contributed by atoms with E-state index in [1.807, 2.05) is 0 Å². The van der Waals surface area contributed by atoms with Gasteiger partial charge in [0, 0.05) is 23.6 Å². The number of fused-ring (bicyclic) bond motifs is 1. The highest BCUT2D eigenvalue weighted by molar-refractivity contribution is 6.33. The number of halogens is 1. The maximum atomic E-state index is 11.6. The Bertz CT molecular complexity index is 558. The maximum Gasteiger partial charge on any atom is 0.347 e. The zero-order chi connectivity index (χ0) is 14.2. The van der Waals surface area contributed by atoms with Crippen LogP contribution in [0.1, 0.15) is 18.1 Å². The third-order valence-electron chi connectivity index (χ3n) is 2.93.